The van der Waals surface area contributed by atoms with Crippen molar-refractivity contribution in [3.05, 3.63) is 66.2 Å². The number of carbonyl (C=O) groups excluding carboxylic acids is 1. The van der Waals surface area contributed by atoms with Gasteiger partial charge in [0.15, 0.2) is 0 Å². The lowest BCUT2D eigenvalue weighted by Gasteiger charge is -2.42. The van der Waals surface area contributed by atoms with Crippen molar-refractivity contribution in [1.82, 2.24) is 14.5 Å². The van der Waals surface area contributed by atoms with Gasteiger partial charge in [-0.05, 0) is 62.3 Å². The van der Waals surface area contributed by atoms with E-state index < -0.39 is 10.0 Å². The largest absolute Gasteiger partial charge is 0.449 e. The number of nitrogens with one attached hydrogen (secondary N) is 1. The Kier molecular flexibility index (Phi) is 9.16. The maximum absolute atomic E-state index is 13.3. The van der Waals surface area contributed by atoms with Crippen LogP contribution in [0.4, 0.5) is 4.79 Å². The Morgan fingerprint density at radius 2 is 1.63 bits per heavy atom. The molecule has 2 bridgehead atoms. The lowest BCUT2D eigenvalue weighted by Crippen LogP contribution is -2.52. The van der Waals surface area contributed by atoms with E-state index in [-0.39, 0.29) is 17.6 Å². The van der Waals surface area contributed by atoms with Crippen molar-refractivity contribution in [2.75, 3.05) is 26.7 Å². The number of sulfonamides is 1. The molecule has 208 valence electrons. The van der Waals surface area contributed by atoms with E-state index in [0.717, 1.165) is 44.2 Å². The third-order valence-corrected chi connectivity index (χ3v) is 9.99. The molecule has 2 aliphatic heterocycles. The summed E-state index contributed by atoms with van der Waals surface area (Å²) in [6.45, 7) is 7.96. The first kappa shape index (κ1) is 28.6. The molecule has 0 saturated carbocycles. The van der Waals surface area contributed by atoms with Crippen molar-refractivity contribution in [1.29, 1.82) is 0 Å². The minimum absolute atomic E-state index is 0.145. The summed E-state index contributed by atoms with van der Waals surface area (Å²) in [5.74, 6) is 0.319. The topological polar surface area (TPSA) is 79.0 Å². The highest BCUT2D eigenvalue weighted by molar-refractivity contribution is 7.89. The molecule has 2 aromatic rings. The number of rotatable bonds is 11. The van der Waals surface area contributed by atoms with Crippen molar-refractivity contribution in [2.24, 2.45) is 5.92 Å². The quantitative estimate of drug-likeness (QED) is 0.432. The summed E-state index contributed by atoms with van der Waals surface area (Å²) in [7, 11) is -1.91. The van der Waals surface area contributed by atoms with Gasteiger partial charge in [0.25, 0.3) is 0 Å². The number of hydrogen-bond donors (Lipinski definition) is 1. The highest BCUT2D eigenvalue weighted by atomic mass is 32.2. The van der Waals surface area contributed by atoms with Crippen molar-refractivity contribution >= 4 is 16.1 Å². The smallest absolute Gasteiger partial charge is 0.407 e. The Balaban J connectivity index is 1.43. The molecule has 38 heavy (non-hydrogen) atoms. The van der Waals surface area contributed by atoms with Gasteiger partial charge < -0.3 is 10.1 Å². The average molecular weight is 542 g/mol. The summed E-state index contributed by atoms with van der Waals surface area (Å²) in [6.07, 6.45) is 4.65. The van der Waals surface area contributed by atoms with Crippen LogP contribution in [0.5, 0.6) is 0 Å². The number of piperidine rings is 1. The van der Waals surface area contributed by atoms with Crippen LogP contribution in [-0.4, -0.2) is 68.6 Å². The van der Waals surface area contributed by atoms with Crippen LogP contribution >= 0.6 is 0 Å². The van der Waals surface area contributed by atoms with Crippen LogP contribution in [0.15, 0.2) is 65.6 Å². The van der Waals surface area contributed by atoms with Crippen LogP contribution in [0.3, 0.4) is 0 Å². The number of ether oxygens (including phenoxy) is 1. The number of likely N-dealkylation sites (N-methyl/N-ethyl adjacent to an activating group) is 1. The van der Waals surface area contributed by atoms with Gasteiger partial charge in [0, 0.05) is 37.1 Å². The second-order valence-corrected chi connectivity index (χ2v) is 13.7. The Bertz CT molecular complexity index is 1140. The SMILES string of the molecule is CC(C)COC(=O)NC1CC2CCC(C1)N2CC[C@](C)(CN(C)S(=O)(=O)c1ccccc1)c1ccccc1. The van der Waals surface area contributed by atoms with E-state index in [2.05, 4.69) is 29.3 Å². The number of hydrogen-bond acceptors (Lipinski definition) is 5. The molecule has 8 heteroatoms. The van der Waals surface area contributed by atoms with Gasteiger partial charge in [-0.2, -0.15) is 0 Å². The monoisotopic (exact) mass is 541 g/mol. The zero-order valence-electron chi connectivity index (χ0n) is 23.2. The molecule has 2 aliphatic rings. The first-order valence-corrected chi connectivity index (χ1v) is 15.3. The minimum atomic E-state index is -3.59. The van der Waals surface area contributed by atoms with E-state index >= 15 is 0 Å². The third-order valence-electron chi connectivity index (χ3n) is 8.17. The van der Waals surface area contributed by atoms with Crippen molar-refractivity contribution in [2.45, 2.75) is 81.3 Å². The second kappa shape index (κ2) is 12.2. The number of alkyl carbamates (subject to hydrolysis) is 1. The summed E-state index contributed by atoms with van der Waals surface area (Å²) in [5, 5.41) is 3.09. The first-order valence-electron chi connectivity index (χ1n) is 13.8. The van der Waals surface area contributed by atoms with Crippen LogP contribution in [0, 0.1) is 5.92 Å². The summed E-state index contributed by atoms with van der Waals surface area (Å²) < 4.78 is 33.5. The van der Waals surface area contributed by atoms with Crippen LogP contribution < -0.4 is 5.32 Å². The van der Waals surface area contributed by atoms with Gasteiger partial charge in [-0.3, -0.25) is 4.90 Å². The van der Waals surface area contributed by atoms with Crippen LogP contribution in [0.2, 0.25) is 0 Å². The number of nitrogens with zero attached hydrogens (tertiary/aromatic N) is 2. The maximum atomic E-state index is 13.3. The van der Waals surface area contributed by atoms with Crippen LogP contribution in [0.1, 0.15) is 58.4 Å². The molecular weight excluding hydrogens is 498 g/mol. The third kappa shape index (κ3) is 6.77. The molecule has 0 radical (unpaired) electrons. The van der Waals surface area contributed by atoms with Crippen LogP contribution in [0.25, 0.3) is 0 Å². The number of amides is 1. The molecule has 3 atom stereocenters. The predicted molar refractivity (Wildman–Crippen MR) is 151 cm³/mol. The van der Waals surface area contributed by atoms with Gasteiger partial charge in [-0.25, -0.2) is 17.5 Å². The number of carbonyl (C=O) groups is 1. The lowest BCUT2D eigenvalue weighted by molar-refractivity contribution is 0.0924. The Labute approximate surface area is 228 Å². The van der Waals surface area contributed by atoms with E-state index in [1.54, 1.807) is 31.3 Å². The van der Waals surface area contributed by atoms with Gasteiger partial charge in [-0.1, -0.05) is 69.3 Å². The molecule has 2 heterocycles. The fourth-order valence-corrected chi connectivity index (χ4v) is 7.40. The molecule has 2 unspecified atom stereocenters. The predicted octanol–water partition coefficient (Wildman–Crippen LogP) is 5.03. The van der Waals surface area contributed by atoms with Crippen LogP contribution in [-0.2, 0) is 20.2 Å². The summed E-state index contributed by atoms with van der Waals surface area (Å²) in [5.41, 5.74) is 0.791. The van der Waals surface area contributed by atoms with Crippen molar-refractivity contribution in [3.8, 4) is 0 Å². The van der Waals surface area contributed by atoms with E-state index in [9.17, 15) is 13.2 Å². The molecule has 0 spiro atoms. The molecule has 2 fully saturated rings. The highest BCUT2D eigenvalue weighted by Gasteiger charge is 2.42. The molecule has 1 amide bonds. The molecule has 2 aromatic carbocycles. The van der Waals surface area contributed by atoms with Gasteiger partial charge in [-0.15, -0.1) is 0 Å². The van der Waals surface area contributed by atoms with Gasteiger partial charge in [0.1, 0.15) is 0 Å². The zero-order valence-corrected chi connectivity index (χ0v) is 24.0. The fraction of sp³-hybridized carbons (Fsp3) is 0.567. The summed E-state index contributed by atoms with van der Waals surface area (Å²) in [4.78, 5) is 15.1. The molecule has 2 saturated heterocycles. The highest BCUT2D eigenvalue weighted by Crippen LogP contribution is 2.38. The summed E-state index contributed by atoms with van der Waals surface area (Å²) >= 11 is 0. The normalized spacial score (nSPS) is 23.4. The molecular formula is C30H43N3O4S. The zero-order chi connectivity index (χ0) is 27.3. The first-order chi connectivity index (χ1) is 18.1. The average Bonchev–Trinajstić information content (AvgIpc) is 3.15. The van der Waals surface area contributed by atoms with Crippen molar-refractivity contribution < 1.29 is 17.9 Å². The second-order valence-electron chi connectivity index (χ2n) is 11.7. The molecule has 0 aliphatic carbocycles. The molecule has 0 aromatic heterocycles. The van der Waals surface area contributed by atoms with E-state index in [1.165, 1.54) is 4.31 Å². The van der Waals surface area contributed by atoms with Gasteiger partial charge in [0.2, 0.25) is 10.0 Å². The maximum Gasteiger partial charge on any atom is 0.407 e. The van der Waals surface area contributed by atoms with E-state index in [0.29, 0.717) is 36.0 Å². The van der Waals surface area contributed by atoms with E-state index in [4.69, 9.17) is 4.74 Å². The van der Waals surface area contributed by atoms with Crippen molar-refractivity contribution in [3.63, 3.8) is 0 Å². The van der Waals surface area contributed by atoms with E-state index in [1.807, 2.05) is 38.1 Å². The van der Waals surface area contributed by atoms with Gasteiger partial charge >= 0.3 is 6.09 Å². The standard InChI is InChI=1S/C30H43N3O4S/c1-23(2)21-37-29(34)31-25-19-26-15-16-27(20-25)33(26)18-17-30(3,24-11-7-5-8-12-24)22-32(4)38(35,36)28-13-9-6-10-14-28/h5-14,23,25-27H,15-22H2,1-4H3,(H,31,34)/t25?,26?,27?,30-/m1/s1. The Morgan fingerprint density at radius 3 is 2.21 bits per heavy atom. The van der Waals surface area contributed by atoms with Gasteiger partial charge in [0.05, 0.1) is 11.5 Å². The Morgan fingerprint density at radius 1 is 1.05 bits per heavy atom. The lowest BCUT2D eigenvalue weighted by atomic mass is 9.79. The fourth-order valence-electron chi connectivity index (χ4n) is 6.09. The number of benzene rings is 2. The minimum Gasteiger partial charge on any atom is -0.449 e. The number of fused-ring (bicyclic) bond motifs is 2. The Hall–Kier alpha value is -2.42. The molecule has 7 nitrogen and oxygen atoms in total. The molecule has 1 N–H and O–H groups in total. The molecule has 4 rings (SSSR count). The summed E-state index contributed by atoms with van der Waals surface area (Å²) in [6, 6.07) is 19.9.